The SMILES string of the molecule is O=C(CN1CCC[C@H](NS(=O)(=O)c2ccc3cc(Br)ccc3c2)C1=O)N1CC2C[C@@H](C1)Cn1c2cccc1=O. The summed E-state index contributed by atoms with van der Waals surface area (Å²) in [7, 11) is -3.94. The van der Waals surface area contributed by atoms with Gasteiger partial charge in [-0.25, -0.2) is 8.42 Å². The Kier molecular flexibility index (Phi) is 6.84. The van der Waals surface area contributed by atoms with Crippen LogP contribution in [0.25, 0.3) is 10.8 Å². The summed E-state index contributed by atoms with van der Waals surface area (Å²) in [4.78, 5) is 42.2. The second-order valence-electron chi connectivity index (χ2n) is 10.7. The molecule has 3 aliphatic rings. The van der Waals surface area contributed by atoms with Crippen molar-refractivity contribution in [2.45, 2.75) is 42.7 Å². The fraction of sp³-hybridized carbons (Fsp3) is 0.393. The van der Waals surface area contributed by atoms with Crippen molar-refractivity contribution < 1.29 is 18.0 Å². The lowest BCUT2D eigenvalue weighted by molar-refractivity contribution is -0.144. The molecule has 2 amide bonds. The number of aromatic nitrogens is 1. The molecule has 204 valence electrons. The summed E-state index contributed by atoms with van der Waals surface area (Å²) in [5, 5.41) is 1.68. The van der Waals surface area contributed by atoms with Crippen molar-refractivity contribution in [2.75, 3.05) is 26.2 Å². The maximum atomic E-state index is 13.3. The minimum atomic E-state index is -3.94. The molecule has 9 nitrogen and oxygen atoms in total. The Morgan fingerprint density at radius 3 is 2.64 bits per heavy atom. The van der Waals surface area contributed by atoms with Gasteiger partial charge < -0.3 is 14.4 Å². The molecule has 4 heterocycles. The van der Waals surface area contributed by atoms with Gasteiger partial charge in [0.05, 0.1) is 11.4 Å². The lowest BCUT2D eigenvalue weighted by Crippen LogP contribution is -2.56. The number of nitrogens with one attached hydrogen (secondary N) is 1. The molecule has 3 atom stereocenters. The standard InChI is InChI=1S/C28H29BrN4O5S/c29-22-8-6-20-13-23(9-7-19(20)12-22)39(37,38)30-24-3-2-10-31(28(24)36)17-27(35)32-14-18-11-21(16-32)25-4-1-5-26(34)33(25)15-18/h1,4-9,12-13,18,21,24,30H,2-3,10-11,14-17H2/t18-,21?,24-/m0/s1. The Morgan fingerprint density at radius 2 is 1.79 bits per heavy atom. The van der Waals surface area contributed by atoms with Crippen molar-refractivity contribution in [2.24, 2.45) is 5.92 Å². The Hall–Kier alpha value is -3.02. The van der Waals surface area contributed by atoms with Gasteiger partial charge in [0.25, 0.3) is 5.56 Å². The van der Waals surface area contributed by atoms with E-state index in [1.807, 2.05) is 28.8 Å². The van der Waals surface area contributed by atoms with Gasteiger partial charge in [0.2, 0.25) is 21.8 Å². The molecule has 2 saturated heterocycles. The van der Waals surface area contributed by atoms with Gasteiger partial charge in [-0.2, -0.15) is 4.72 Å². The second-order valence-corrected chi connectivity index (χ2v) is 13.4. The highest BCUT2D eigenvalue weighted by molar-refractivity contribution is 9.10. The highest BCUT2D eigenvalue weighted by Gasteiger charge is 2.38. The number of hydrogen-bond acceptors (Lipinski definition) is 5. The van der Waals surface area contributed by atoms with Crippen molar-refractivity contribution in [3.63, 3.8) is 0 Å². The molecular weight excluding hydrogens is 584 g/mol. The maximum absolute atomic E-state index is 13.3. The number of sulfonamides is 1. The first-order valence-corrected chi connectivity index (χ1v) is 15.4. The normalized spacial score (nSPS) is 23.1. The van der Waals surface area contributed by atoms with E-state index in [9.17, 15) is 22.8 Å². The van der Waals surface area contributed by atoms with Crippen LogP contribution in [-0.4, -0.2) is 66.8 Å². The first-order valence-electron chi connectivity index (χ1n) is 13.2. The van der Waals surface area contributed by atoms with Crippen LogP contribution in [0.5, 0.6) is 0 Å². The van der Waals surface area contributed by atoms with Gasteiger partial charge in [-0.1, -0.05) is 34.1 Å². The fourth-order valence-corrected chi connectivity index (χ4v) is 7.82. The number of benzene rings is 2. The summed E-state index contributed by atoms with van der Waals surface area (Å²) in [6.45, 7) is 1.98. The average Bonchev–Trinajstić information content (AvgIpc) is 2.91. The van der Waals surface area contributed by atoms with Gasteiger partial charge in [0, 0.05) is 48.3 Å². The Labute approximate surface area is 235 Å². The Balaban J connectivity index is 1.13. The molecule has 3 aromatic rings. The van der Waals surface area contributed by atoms with E-state index in [4.69, 9.17) is 0 Å². The van der Waals surface area contributed by atoms with Crippen molar-refractivity contribution >= 4 is 48.5 Å². The second kappa shape index (κ2) is 10.2. The predicted octanol–water partition coefficient (Wildman–Crippen LogP) is 2.68. The molecule has 1 N–H and O–H groups in total. The zero-order valence-corrected chi connectivity index (χ0v) is 23.7. The molecule has 2 bridgehead atoms. The average molecular weight is 614 g/mol. The summed E-state index contributed by atoms with van der Waals surface area (Å²) in [5.74, 6) is -0.235. The molecule has 1 unspecified atom stereocenters. The number of amides is 2. The summed E-state index contributed by atoms with van der Waals surface area (Å²) in [5.41, 5.74) is 0.951. The first kappa shape index (κ1) is 26.2. The van der Waals surface area contributed by atoms with E-state index in [1.54, 1.807) is 29.2 Å². The van der Waals surface area contributed by atoms with Crippen LogP contribution >= 0.6 is 15.9 Å². The molecule has 0 radical (unpaired) electrons. The van der Waals surface area contributed by atoms with Crippen molar-refractivity contribution in [3.8, 4) is 0 Å². The summed E-state index contributed by atoms with van der Waals surface area (Å²) < 4.78 is 31.7. The zero-order chi connectivity index (χ0) is 27.3. The number of nitrogens with zero attached hydrogens (tertiary/aromatic N) is 3. The van der Waals surface area contributed by atoms with Crippen LogP contribution in [0.3, 0.4) is 0 Å². The van der Waals surface area contributed by atoms with E-state index in [-0.39, 0.29) is 40.6 Å². The number of pyridine rings is 1. The van der Waals surface area contributed by atoms with Crippen LogP contribution in [0.15, 0.2) is 68.8 Å². The quantitative estimate of drug-likeness (QED) is 0.476. The molecule has 0 spiro atoms. The number of rotatable bonds is 5. The highest BCUT2D eigenvalue weighted by atomic mass is 79.9. The third kappa shape index (κ3) is 5.15. The van der Waals surface area contributed by atoms with Gasteiger partial charge in [-0.15, -0.1) is 0 Å². The van der Waals surface area contributed by atoms with Gasteiger partial charge in [0.1, 0.15) is 6.04 Å². The number of fused-ring (bicyclic) bond motifs is 5. The molecular formula is C28H29BrN4O5S. The molecule has 6 rings (SSSR count). The molecule has 0 aliphatic carbocycles. The third-order valence-corrected chi connectivity index (χ3v) is 10.0. The third-order valence-electron chi connectivity index (χ3n) is 8.07. The molecule has 1 aromatic heterocycles. The van der Waals surface area contributed by atoms with Crippen molar-refractivity contribution in [3.05, 3.63) is 75.1 Å². The van der Waals surface area contributed by atoms with E-state index in [2.05, 4.69) is 20.7 Å². The van der Waals surface area contributed by atoms with Crippen LogP contribution in [0.1, 0.15) is 30.9 Å². The van der Waals surface area contributed by atoms with Crippen LogP contribution in [-0.2, 0) is 26.2 Å². The number of likely N-dealkylation sites (tertiary alicyclic amines) is 2. The predicted molar refractivity (Wildman–Crippen MR) is 150 cm³/mol. The molecule has 2 fully saturated rings. The van der Waals surface area contributed by atoms with Crippen LogP contribution in [0.2, 0.25) is 0 Å². The lowest BCUT2D eigenvalue weighted by atomic mass is 9.83. The Bertz CT molecular complexity index is 1640. The summed E-state index contributed by atoms with van der Waals surface area (Å²) in [6.07, 6.45) is 1.91. The molecule has 2 aromatic carbocycles. The monoisotopic (exact) mass is 612 g/mol. The number of halogens is 1. The van der Waals surface area contributed by atoms with Gasteiger partial charge in [-0.05, 0) is 66.3 Å². The van der Waals surface area contributed by atoms with Crippen LogP contribution in [0, 0.1) is 5.92 Å². The van der Waals surface area contributed by atoms with E-state index in [0.29, 0.717) is 39.0 Å². The highest BCUT2D eigenvalue weighted by Crippen LogP contribution is 2.35. The van der Waals surface area contributed by atoms with Crippen LogP contribution in [0.4, 0.5) is 0 Å². The lowest BCUT2D eigenvalue weighted by Gasteiger charge is -2.43. The number of piperidine rings is 2. The Morgan fingerprint density at radius 1 is 1.00 bits per heavy atom. The zero-order valence-electron chi connectivity index (χ0n) is 21.3. The minimum Gasteiger partial charge on any atom is -0.340 e. The number of hydrogen-bond donors (Lipinski definition) is 1. The molecule has 11 heteroatoms. The van der Waals surface area contributed by atoms with Crippen LogP contribution < -0.4 is 10.3 Å². The van der Waals surface area contributed by atoms with Gasteiger partial charge in [-0.3, -0.25) is 14.4 Å². The van der Waals surface area contributed by atoms with Gasteiger partial charge >= 0.3 is 0 Å². The van der Waals surface area contributed by atoms with Crippen molar-refractivity contribution in [1.29, 1.82) is 0 Å². The topological polar surface area (TPSA) is 109 Å². The van der Waals surface area contributed by atoms with E-state index in [0.717, 1.165) is 27.4 Å². The number of carbonyl (C=O) groups excluding carboxylic acids is 2. The summed E-state index contributed by atoms with van der Waals surface area (Å²) >= 11 is 3.42. The smallest absolute Gasteiger partial charge is 0.250 e. The fourth-order valence-electron chi connectivity index (χ4n) is 6.19. The summed E-state index contributed by atoms with van der Waals surface area (Å²) in [6, 6.07) is 14.8. The minimum absolute atomic E-state index is 0.00820. The molecule has 0 saturated carbocycles. The van der Waals surface area contributed by atoms with E-state index >= 15 is 0 Å². The largest absolute Gasteiger partial charge is 0.340 e. The molecule has 3 aliphatic heterocycles. The number of carbonyl (C=O) groups is 2. The van der Waals surface area contributed by atoms with E-state index < -0.39 is 16.1 Å². The molecule has 39 heavy (non-hydrogen) atoms. The van der Waals surface area contributed by atoms with Crippen molar-refractivity contribution in [1.82, 2.24) is 19.1 Å². The first-order chi connectivity index (χ1) is 18.7. The maximum Gasteiger partial charge on any atom is 0.250 e. The van der Waals surface area contributed by atoms with Gasteiger partial charge in [0.15, 0.2) is 0 Å². The van der Waals surface area contributed by atoms with E-state index in [1.165, 1.54) is 11.0 Å².